The summed E-state index contributed by atoms with van der Waals surface area (Å²) in [5, 5.41) is 0. The molecule has 0 bridgehead atoms. The maximum atomic E-state index is 9.81. The lowest BCUT2D eigenvalue weighted by atomic mass is 10.0. The van der Waals surface area contributed by atoms with Crippen LogP contribution in [0.5, 0.6) is 0 Å². The van der Waals surface area contributed by atoms with E-state index in [1.165, 1.54) is 0 Å². The minimum Gasteiger partial charge on any atom is -0.372 e. The molecular formula is C7H15NO2. The van der Waals surface area contributed by atoms with Gasteiger partial charge in [0.15, 0.2) is 0 Å². The van der Waals surface area contributed by atoms with Crippen LogP contribution in [0.1, 0.15) is 20.3 Å². The van der Waals surface area contributed by atoms with Crippen LogP contribution in [-0.4, -0.2) is 25.0 Å². The van der Waals surface area contributed by atoms with Crippen molar-refractivity contribution in [2.75, 3.05) is 13.2 Å². The summed E-state index contributed by atoms with van der Waals surface area (Å²) in [6.45, 7) is 4.48. The van der Waals surface area contributed by atoms with E-state index in [2.05, 4.69) is 0 Å². The highest BCUT2D eigenvalue weighted by atomic mass is 16.5. The Morgan fingerprint density at radius 3 is 2.70 bits per heavy atom. The van der Waals surface area contributed by atoms with Crippen LogP contribution in [-0.2, 0) is 9.53 Å². The van der Waals surface area contributed by atoms with Gasteiger partial charge in [0.05, 0.1) is 6.61 Å². The van der Waals surface area contributed by atoms with E-state index < -0.39 is 0 Å². The van der Waals surface area contributed by atoms with Gasteiger partial charge in [-0.25, -0.2) is 0 Å². The third kappa shape index (κ3) is 4.47. The quantitative estimate of drug-likeness (QED) is 0.448. The molecule has 0 spiro atoms. The minimum absolute atomic E-state index is 0.146. The van der Waals surface area contributed by atoms with Gasteiger partial charge in [-0.05, 0) is 13.3 Å². The van der Waals surface area contributed by atoms with Crippen molar-refractivity contribution in [2.24, 2.45) is 5.73 Å². The maximum absolute atomic E-state index is 9.81. The molecule has 10 heavy (non-hydrogen) atoms. The predicted molar refractivity (Wildman–Crippen MR) is 39.8 cm³/mol. The Kier molecular flexibility index (Phi) is 4.23. The Labute approximate surface area is 61.5 Å². The average molecular weight is 145 g/mol. The summed E-state index contributed by atoms with van der Waals surface area (Å²) in [5.74, 6) is 0. The standard InChI is InChI=1S/C7H15NO2/c1-3-7(2,8)6-10-5-4-9/h4H,3,5-6,8H2,1-2H3. The number of ether oxygens (including phenoxy) is 1. The fraction of sp³-hybridized carbons (Fsp3) is 0.857. The van der Waals surface area contributed by atoms with E-state index in [0.717, 1.165) is 12.7 Å². The summed E-state index contributed by atoms with van der Waals surface area (Å²) in [4.78, 5) is 9.81. The lowest BCUT2D eigenvalue weighted by molar-refractivity contribution is -0.112. The molecule has 0 rings (SSSR count). The van der Waals surface area contributed by atoms with Crippen molar-refractivity contribution in [2.45, 2.75) is 25.8 Å². The van der Waals surface area contributed by atoms with Gasteiger partial charge in [0.1, 0.15) is 12.9 Å². The fourth-order valence-electron chi connectivity index (χ4n) is 0.442. The summed E-state index contributed by atoms with van der Waals surface area (Å²) in [6, 6.07) is 0. The molecule has 0 aromatic heterocycles. The first kappa shape index (κ1) is 9.59. The molecule has 0 saturated heterocycles. The van der Waals surface area contributed by atoms with Gasteiger partial charge in [0, 0.05) is 5.54 Å². The molecular weight excluding hydrogens is 130 g/mol. The van der Waals surface area contributed by atoms with Crippen LogP contribution in [0.3, 0.4) is 0 Å². The molecule has 0 fully saturated rings. The molecule has 3 nitrogen and oxygen atoms in total. The molecule has 0 aliphatic rings. The van der Waals surface area contributed by atoms with E-state index in [4.69, 9.17) is 10.5 Å². The fourth-order valence-corrected chi connectivity index (χ4v) is 0.442. The SMILES string of the molecule is CCC(C)(N)COCC=O. The third-order valence-electron chi connectivity index (χ3n) is 1.43. The molecule has 0 heterocycles. The van der Waals surface area contributed by atoms with Crippen molar-refractivity contribution < 1.29 is 9.53 Å². The van der Waals surface area contributed by atoms with Gasteiger partial charge in [0.2, 0.25) is 0 Å². The van der Waals surface area contributed by atoms with E-state index in [0.29, 0.717) is 6.61 Å². The molecule has 0 radical (unpaired) electrons. The first-order chi connectivity index (χ1) is 4.62. The van der Waals surface area contributed by atoms with Crippen molar-refractivity contribution in [1.29, 1.82) is 0 Å². The molecule has 2 N–H and O–H groups in total. The number of rotatable bonds is 5. The highest BCUT2D eigenvalue weighted by molar-refractivity contribution is 5.50. The van der Waals surface area contributed by atoms with Gasteiger partial charge in [-0.2, -0.15) is 0 Å². The van der Waals surface area contributed by atoms with Gasteiger partial charge in [-0.3, -0.25) is 0 Å². The highest BCUT2D eigenvalue weighted by Gasteiger charge is 2.14. The topological polar surface area (TPSA) is 52.3 Å². The first-order valence-corrected chi connectivity index (χ1v) is 3.42. The van der Waals surface area contributed by atoms with Crippen LogP contribution in [0.25, 0.3) is 0 Å². The van der Waals surface area contributed by atoms with Crippen LogP contribution < -0.4 is 5.73 Å². The van der Waals surface area contributed by atoms with Gasteiger partial charge in [-0.1, -0.05) is 6.92 Å². The number of nitrogens with two attached hydrogens (primary N) is 1. The van der Waals surface area contributed by atoms with E-state index in [-0.39, 0.29) is 12.1 Å². The monoisotopic (exact) mass is 145 g/mol. The molecule has 0 aromatic carbocycles. The molecule has 0 amide bonds. The largest absolute Gasteiger partial charge is 0.372 e. The molecule has 0 aromatic rings. The van der Waals surface area contributed by atoms with Gasteiger partial charge in [0.25, 0.3) is 0 Å². The molecule has 60 valence electrons. The summed E-state index contributed by atoms with van der Waals surface area (Å²) >= 11 is 0. The number of carbonyl (C=O) groups excluding carboxylic acids is 1. The van der Waals surface area contributed by atoms with Crippen molar-refractivity contribution >= 4 is 6.29 Å². The Morgan fingerprint density at radius 1 is 1.70 bits per heavy atom. The van der Waals surface area contributed by atoms with E-state index in [9.17, 15) is 4.79 Å². The normalized spacial score (nSPS) is 16.3. The van der Waals surface area contributed by atoms with Gasteiger partial charge >= 0.3 is 0 Å². The van der Waals surface area contributed by atoms with Crippen LogP contribution in [0.15, 0.2) is 0 Å². The zero-order valence-corrected chi connectivity index (χ0v) is 6.59. The van der Waals surface area contributed by atoms with Crippen LogP contribution in [0.4, 0.5) is 0 Å². The molecule has 0 saturated carbocycles. The van der Waals surface area contributed by atoms with Crippen LogP contribution >= 0.6 is 0 Å². The maximum Gasteiger partial charge on any atom is 0.145 e. The molecule has 0 aliphatic heterocycles. The lowest BCUT2D eigenvalue weighted by Gasteiger charge is -2.21. The number of hydrogen-bond acceptors (Lipinski definition) is 3. The van der Waals surface area contributed by atoms with Crippen LogP contribution in [0.2, 0.25) is 0 Å². The first-order valence-electron chi connectivity index (χ1n) is 3.42. The minimum atomic E-state index is -0.289. The Bertz CT molecular complexity index is 102. The molecule has 1 atom stereocenters. The highest BCUT2D eigenvalue weighted by Crippen LogP contribution is 2.03. The number of hydrogen-bond donors (Lipinski definition) is 1. The summed E-state index contributed by atoms with van der Waals surface area (Å²) < 4.78 is 4.95. The van der Waals surface area contributed by atoms with Crippen molar-refractivity contribution in [1.82, 2.24) is 0 Å². The second-order valence-corrected chi connectivity index (χ2v) is 2.69. The number of carbonyl (C=O) groups is 1. The third-order valence-corrected chi connectivity index (χ3v) is 1.43. The Hall–Kier alpha value is -0.410. The second-order valence-electron chi connectivity index (χ2n) is 2.69. The lowest BCUT2D eigenvalue weighted by Crippen LogP contribution is -2.40. The predicted octanol–water partition coefficient (Wildman–Crippen LogP) is 0.329. The number of aldehydes is 1. The van der Waals surface area contributed by atoms with E-state index in [1.807, 2.05) is 13.8 Å². The van der Waals surface area contributed by atoms with E-state index in [1.54, 1.807) is 0 Å². The summed E-state index contributed by atoms with van der Waals surface area (Å²) in [6.07, 6.45) is 1.58. The summed E-state index contributed by atoms with van der Waals surface area (Å²) in [5.41, 5.74) is 5.43. The van der Waals surface area contributed by atoms with Crippen LogP contribution in [0, 0.1) is 0 Å². The summed E-state index contributed by atoms with van der Waals surface area (Å²) in [7, 11) is 0. The molecule has 1 unspecified atom stereocenters. The Balaban J connectivity index is 3.36. The molecule has 3 heteroatoms. The van der Waals surface area contributed by atoms with Gasteiger partial charge < -0.3 is 15.3 Å². The van der Waals surface area contributed by atoms with Gasteiger partial charge in [-0.15, -0.1) is 0 Å². The second kappa shape index (κ2) is 4.41. The van der Waals surface area contributed by atoms with Crippen molar-refractivity contribution in [3.8, 4) is 0 Å². The average Bonchev–Trinajstić information content (AvgIpc) is 1.89. The molecule has 0 aliphatic carbocycles. The van der Waals surface area contributed by atoms with Crippen molar-refractivity contribution in [3.05, 3.63) is 0 Å². The zero-order valence-electron chi connectivity index (χ0n) is 6.59. The van der Waals surface area contributed by atoms with E-state index >= 15 is 0 Å². The van der Waals surface area contributed by atoms with Crippen molar-refractivity contribution in [3.63, 3.8) is 0 Å². The Morgan fingerprint density at radius 2 is 2.30 bits per heavy atom. The zero-order chi connectivity index (χ0) is 8.04. The smallest absolute Gasteiger partial charge is 0.145 e.